The highest BCUT2D eigenvalue weighted by Gasteiger charge is 2.23. The normalized spacial score (nSPS) is 12.5. The molecule has 1 amide bonds. The molecule has 0 aromatic heterocycles. The van der Waals surface area contributed by atoms with Gasteiger partial charge in [0.15, 0.2) is 0 Å². The van der Waals surface area contributed by atoms with E-state index in [1.54, 1.807) is 19.1 Å². The summed E-state index contributed by atoms with van der Waals surface area (Å²) in [4.78, 5) is 12.2. The Hall–Kier alpha value is -2.45. The lowest BCUT2D eigenvalue weighted by molar-refractivity contribution is -0.117. The Labute approximate surface area is 152 Å². The van der Waals surface area contributed by atoms with Gasteiger partial charge in [0, 0.05) is 0 Å². The Balaban J connectivity index is 2.11. The summed E-state index contributed by atoms with van der Waals surface area (Å²) in [6.45, 7) is 5.42. The van der Waals surface area contributed by atoms with Crippen LogP contribution in [0.15, 0.2) is 47.4 Å². The summed E-state index contributed by atoms with van der Waals surface area (Å²) in [5.41, 5.74) is 0.652. The van der Waals surface area contributed by atoms with Gasteiger partial charge in [-0.05, 0) is 56.7 Å². The van der Waals surface area contributed by atoms with Crippen LogP contribution in [0.4, 0.5) is 10.1 Å². The Morgan fingerprint density at radius 3 is 2.54 bits per heavy atom. The zero-order valence-corrected chi connectivity index (χ0v) is 15.6. The van der Waals surface area contributed by atoms with Gasteiger partial charge in [0.2, 0.25) is 15.9 Å². The van der Waals surface area contributed by atoms with Crippen LogP contribution in [0.25, 0.3) is 0 Å². The maximum absolute atomic E-state index is 13.6. The average molecular weight is 380 g/mol. The van der Waals surface area contributed by atoms with E-state index in [0.717, 1.165) is 0 Å². The fraction of sp³-hybridized carbons (Fsp3) is 0.278. The molecule has 1 atom stereocenters. The summed E-state index contributed by atoms with van der Waals surface area (Å²) < 4.78 is 46.2. The van der Waals surface area contributed by atoms with Crippen LogP contribution in [0.5, 0.6) is 5.75 Å². The number of hydrogen-bond acceptors (Lipinski definition) is 4. The minimum Gasteiger partial charge on any atom is -0.494 e. The number of aryl methyl sites for hydroxylation is 1. The number of carbonyl (C=O) groups is 1. The van der Waals surface area contributed by atoms with Crippen molar-refractivity contribution < 1.29 is 22.3 Å². The van der Waals surface area contributed by atoms with Crippen LogP contribution >= 0.6 is 0 Å². The van der Waals surface area contributed by atoms with Gasteiger partial charge in [-0.3, -0.25) is 4.79 Å². The number of hydrogen-bond donors (Lipinski definition) is 2. The molecule has 8 heteroatoms. The van der Waals surface area contributed by atoms with Crippen LogP contribution in [-0.2, 0) is 14.8 Å². The molecular formula is C18H21FN2O4S. The first-order chi connectivity index (χ1) is 12.2. The number of anilines is 1. The second-order valence-electron chi connectivity index (χ2n) is 5.67. The molecule has 0 spiro atoms. The van der Waals surface area contributed by atoms with Crippen molar-refractivity contribution in [2.24, 2.45) is 0 Å². The predicted octanol–water partition coefficient (Wildman–Crippen LogP) is 2.84. The van der Waals surface area contributed by atoms with Crippen molar-refractivity contribution in [1.29, 1.82) is 0 Å². The number of carbonyl (C=O) groups excluding carboxylic acids is 1. The smallest absolute Gasteiger partial charge is 0.242 e. The fourth-order valence-corrected chi connectivity index (χ4v) is 3.55. The summed E-state index contributed by atoms with van der Waals surface area (Å²) in [6, 6.07) is 9.00. The molecule has 26 heavy (non-hydrogen) atoms. The van der Waals surface area contributed by atoms with Gasteiger partial charge >= 0.3 is 0 Å². The molecule has 0 saturated heterocycles. The summed E-state index contributed by atoms with van der Waals surface area (Å²) in [7, 11) is -3.92. The van der Waals surface area contributed by atoms with E-state index >= 15 is 0 Å². The third-order valence-electron chi connectivity index (χ3n) is 3.61. The van der Waals surface area contributed by atoms with Crippen molar-refractivity contribution in [1.82, 2.24) is 4.72 Å². The average Bonchev–Trinajstić information content (AvgIpc) is 2.58. The number of sulfonamides is 1. The van der Waals surface area contributed by atoms with Crippen molar-refractivity contribution in [2.75, 3.05) is 11.9 Å². The van der Waals surface area contributed by atoms with Crippen LogP contribution in [0.1, 0.15) is 19.4 Å². The second kappa shape index (κ2) is 8.29. The van der Waals surface area contributed by atoms with Crippen molar-refractivity contribution in [3.63, 3.8) is 0 Å². The van der Waals surface area contributed by atoms with E-state index in [4.69, 9.17) is 4.74 Å². The van der Waals surface area contributed by atoms with Crippen LogP contribution in [0.2, 0.25) is 0 Å². The van der Waals surface area contributed by atoms with Gasteiger partial charge < -0.3 is 10.1 Å². The van der Waals surface area contributed by atoms with Crippen LogP contribution in [-0.4, -0.2) is 27.0 Å². The SMILES string of the molecule is CCOc1ccc(S(=O)(=O)N[C@@H](C)C(=O)Nc2ccccc2F)cc1C. The van der Waals surface area contributed by atoms with E-state index in [0.29, 0.717) is 17.9 Å². The summed E-state index contributed by atoms with van der Waals surface area (Å²) >= 11 is 0. The molecule has 2 aromatic carbocycles. The lowest BCUT2D eigenvalue weighted by Crippen LogP contribution is -2.41. The molecule has 0 aliphatic rings. The number of amides is 1. The lowest BCUT2D eigenvalue weighted by atomic mass is 10.2. The maximum Gasteiger partial charge on any atom is 0.242 e. The number of rotatable bonds is 7. The molecule has 2 N–H and O–H groups in total. The second-order valence-corrected chi connectivity index (χ2v) is 7.39. The lowest BCUT2D eigenvalue weighted by Gasteiger charge is -2.15. The topological polar surface area (TPSA) is 84.5 Å². The highest BCUT2D eigenvalue weighted by Crippen LogP contribution is 2.22. The Morgan fingerprint density at radius 1 is 1.23 bits per heavy atom. The molecule has 0 heterocycles. The quantitative estimate of drug-likeness (QED) is 0.774. The zero-order valence-electron chi connectivity index (χ0n) is 14.7. The predicted molar refractivity (Wildman–Crippen MR) is 97.2 cm³/mol. The van der Waals surface area contributed by atoms with Gasteiger partial charge in [-0.1, -0.05) is 12.1 Å². The Morgan fingerprint density at radius 2 is 1.92 bits per heavy atom. The van der Waals surface area contributed by atoms with E-state index in [-0.39, 0.29) is 10.6 Å². The molecule has 140 valence electrons. The van der Waals surface area contributed by atoms with E-state index in [1.807, 2.05) is 6.92 Å². The summed E-state index contributed by atoms with van der Waals surface area (Å²) in [5.74, 6) is -0.670. The van der Waals surface area contributed by atoms with Gasteiger partial charge in [0.05, 0.1) is 23.2 Å². The van der Waals surface area contributed by atoms with Gasteiger partial charge in [-0.2, -0.15) is 4.72 Å². The number of benzene rings is 2. The van der Waals surface area contributed by atoms with Gasteiger partial charge in [0.25, 0.3) is 0 Å². The number of ether oxygens (including phenoxy) is 1. The first kappa shape index (κ1) is 19.9. The van der Waals surface area contributed by atoms with Gasteiger partial charge in [-0.15, -0.1) is 0 Å². The highest BCUT2D eigenvalue weighted by molar-refractivity contribution is 7.89. The van der Waals surface area contributed by atoms with Gasteiger partial charge in [0.1, 0.15) is 11.6 Å². The summed E-state index contributed by atoms with van der Waals surface area (Å²) in [6.07, 6.45) is 0. The molecule has 0 radical (unpaired) electrons. The van der Waals surface area contributed by atoms with E-state index in [9.17, 15) is 17.6 Å². The van der Waals surface area contributed by atoms with Crippen molar-refractivity contribution in [2.45, 2.75) is 31.7 Å². The summed E-state index contributed by atoms with van der Waals surface area (Å²) in [5, 5.41) is 2.36. The molecule has 0 aliphatic carbocycles. The van der Waals surface area contributed by atoms with Crippen LogP contribution in [0.3, 0.4) is 0 Å². The maximum atomic E-state index is 13.6. The van der Waals surface area contributed by atoms with Crippen molar-refractivity contribution in [3.05, 3.63) is 53.8 Å². The standard InChI is InChI=1S/C18H21FN2O4S/c1-4-25-17-10-9-14(11-12(17)2)26(23,24)21-13(3)18(22)20-16-8-6-5-7-15(16)19/h5-11,13,21H,4H2,1-3H3,(H,20,22)/t13-/m0/s1. The number of halogens is 1. The van der Waals surface area contributed by atoms with Gasteiger partial charge in [-0.25, -0.2) is 12.8 Å². The third-order valence-corrected chi connectivity index (χ3v) is 5.15. The Kier molecular flexibility index (Phi) is 6.33. The Bertz CT molecular complexity index is 900. The fourth-order valence-electron chi connectivity index (χ4n) is 2.26. The van der Waals surface area contributed by atoms with E-state index in [1.165, 1.54) is 37.3 Å². The molecule has 0 fully saturated rings. The molecule has 0 unspecified atom stereocenters. The van der Waals surface area contributed by atoms with Crippen molar-refractivity contribution >= 4 is 21.6 Å². The van der Waals surface area contributed by atoms with E-state index in [2.05, 4.69) is 10.0 Å². The minimum absolute atomic E-state index is 0.0135. The van der Waals surface area contributed by atoms with Crippen molar-refractivity contribution in [3.8, 4) is 5.75 Å². The minimum atomic E-state index is -3.92. The highest BCUT2D eigenvalue weighted by atomic mass is 32.2. The largest absolute Gasteiger partial charge is 0.494 e. The number of nitrogens with one attached hydrogen (secondary N) is 2. The first-order valence-corrected chi connectivity index (χ1v) is 9.54. The number of para-hydroxylation sites is 1. The van der Waals surface area contributed by atoms with Crippen LogP contribution < -0.4 is 14.8 Å². The molecule has 2 rings (SSSR count). The monoisotopic (exact) mass is 380 g/mol. The molecule has 0 bridgehead atoms. The molecule has 0 saturated carbocycles. The third kappa shape index (κ3) is 4.80. The van der Waals surface area contributed by atoms with E-state index < -0.39 is 27.8 Å². The zero-order chi connectivity index (χ0) is 19.3. The molecular weight excluding hydrogens is 359 g/mol. The molecule has 0 aliphatic heterocycles. The molecule has 6 nitrogen and oxygen atoms in total. The van der Waals surface area contributed by atoms with Crippen LogP contribution in [0, 0.1) is 12.7 Å². The molecule has 2 aromatic rings. The first-order valence-electron chi connectivity index (χ1n) is 8.05.